The van der Waals surface area contributed by atoms with Crippen LogP contribution in [-0.4, -0.2) is 15.9 Å². The van der Waals surface area contributed by atoms with Gasteiger partial charge in [0.05, 0.1) is 0 Å². The number of nitrogens with zero attached hydrogens (tertiary/aromatic N) is 2. The van der Waals surface area contributed by atoms with Crippen LogP contribution < -0.4 is 21.9 Å². The van der Waals surface area contributed by atoms with Gasteiger partial charge in [-0.05, 0) is 30.2 Å². The first-order valence-corrected chi connectivity index (χ1v) is 8.26. The van der Waals surface area contributed by atoms with Crippen molar-refractivity contribution in [1.29, 1.82) is 0 Å². The Morgan fingerprint density at radius 2 is 1.69 bits per heavy atom. The first kappa shape index (κ1) is 17.2. The molecule has 0 unspecified atom stereocenters. The molecule has 0 aliphatic heterocycles. The Hall–Kier alpha value is -3.61. The minimum absolute atomic E-state index is 0.283. The second-order valence-electron chi connectivity index (χ2n) is 5.57. The molecule has 2 aromatic carbocycles. The van der Waals surface area contributed by atoms with Crippen molar-refractivity contribution in [2.45, 2.75) is 13.3 Å². The zero-order chi connectivity index (χ0) is 18.4. The number of hydrogen-bond acceptors (Lipinski definition) is 6. The average molecular weight is 348 g/mol. The molecule has 1 heterocycles. The number of carbonyl (C=O) groups is 1. The zero-order valence-electron chi connectivity index (χ0n) is 14.4. The Bertz CT molecular complexity index is 898. The van der Waals surface area contributed by atoms with Gasteiger partial charge in [-0.2, -0.15) is 0 Å². The highest BCUT2D eigenvalue weighted by Gasteiger charge is 2.11. The molecule has 26 heavy (non-hydrogen) atoms. The number of nitrogen functional groups attached to an aromatic ring is 1. The van der Waals surface area contributed by atoms with Crippen molar-refractivity contribution in [3.05, 3.63) is 72.1 Å². The number of aromatic nitrogens is 2. The number of anilines is 4. The van der Waals surface area contributed by atoms with Crippen LogP contribution in [0, 0.1) is 0 Å². The number of aryl methyl sites for hydroxylation is 1. The summed E-state index contributed by atoms with van der Waals surface area (Å²) in [5.41, 5.74) is 14.4. The fourth-order valence-electron chi connectivity index (χ4n) is 2.45. The number of amides is 1. The smallest absolute Gasteiger partial charge is 0.269 e. The van der Waals surface area contributed by atoms with Crippen LogP contribution in [0.4, 0.5) is 23.0 Å². The van der Waals surface area contributed by atoms with Gasteiger partial charge in [0.15, 0.2) is 11.6 Å². The molecule has 0 saturated heterocycles. The largest absolute Gasteiger partial charge is 0.393 e. The summed E-state index contributed by atoms with van der Waals surface area (Å²) in [5, 5.41) is 3.22. The predicted molar refractivity (Wildman–Crippen MR) is 103 cm³/mol. The van der Waals surface area contributed by atoms with Crippen molar-refractivity contribution in [3.8, 4) is 0 Å². The number of para-hydroxylation sites is 1. The lowest BCUT2D eigenvalue weighted by atomic mass is 10.1. The van der Waals surface area contributed by atoms with E-state index in [1.54, 1.807) is 24.3 Å². The van der Waals surface area contributed by atoms with Gasteiger partial charge in [-0.3, -0.25) is 15.6 Å². The van der Waals surface area contributed by atoms with Crippen LogP contribution in [0.15, 0.2) is 60.9 Å². The number of nitrogens with one attached hydrogen (secondary N) is 3. The van der Waals surface area contributed by atoms with E-state index >= 15 is 0 Å². The number of carbonyl (C=O) groups excluding carboxylic acids is 1. The molecule has 3 rings (SSSR count). The molecule has 7 heteroatoms. The van der Waals surface area contributed by atoms with Crippen molar-refractivity contribution in [3.63, 3.8) is 0 Å². The van der Waals surface area contributed by atoms with E-state index in [0.717, 1.165) is 17.7 Å². The molecule has 1 aromatic heterocycles. The van der Waals surface area contributed by atoms with Crippen molar-refractivity contribution >= 4 is 28.9 Å². The van der Waals surface area contributed by atoms with E-state index in [-0.39, 0.29) is 5.91 Å². The van der Waals surface area contributed by atoms with E-state index in [0.29, 0.717) is 22.9 Å². The number of hydrazine groups is 1. The molecular weight excluding hydrogens is 328 g/mol. The van der Waals surface area contributed by atoms with Gasteiger partial charge in [-0.1, -0.05) is 43.3 Å². The molecule has 5 N–H and O–H groups in total. The first-order valence-electron chi connectivity index (χ1n) is 8.26. The molecule has 0 atom stereocenters. The van der Waals surface area contributed by atoms with Crippen LogP contribution >= 0.6 is 0 Å². The Morgan fingerprint density at radius 3 is 2.46 bits per heavy atom. The molecule has 0 aliphatic rings. The van der Waals surface area contributed by atoms with Gasteiger partial charge >= 0.3 is 0 Å². The third-order valence-corrected chi connectivity index (χ3v) is 3.87. The third-order valence-electron chi connectivity index (χ3n) is 3.87. The molecule has 3 aromatic rings. The molecule has 0 fully saturated rings. The molecule has 132 valence electrons. The van der Waals surface area contributed by atoms with Gasteiger partial charge in [0.2, 0.25) is 0 Å². The average Bonchev–Trinajstić information content (AvgIpc) is 2.69. The van der Waals surface area contributed by atoms with E-state index in [2.05, 4.69) is 33.1 Å². The number of nitrogens with two attached hydrogens (primary N) is 1. The molecule has 0 spiro atoms. The summed E-state index contributed by atoms with van der Waals surface area (Å²) in [7, 11) is 0. The van der Waals surface area contributed by atoms with Crippen LogP contribution in [0.25, 0.3) is 0 Å². The molecule has 0 aliphatic carbocycles. The minimum atomic E-state index is -0.283. The van der Waals surface area contributed by atoms with Gasteiger partial charge in [0.25, 0.3) is 5.91 Å². The van der Waals surface area contributed by atoms with Crippen molar-refractivity contribution in [1.82, 2.24) is 15.4 Å². The molecule has 7 nitrogen and oxygen atoms in total. The zero-order valence-corrected chi connectivity index (χ0v) is 14.4. The fraction of sp³-hybridized carbons (Fsp3) is 0.105. The van der Waals surface area contributed by atoms with E-state index in [4.69, 9.17) is 5.73 Å². The van der Waals surface area contributed by atoms with Gasteiger partial charge in [-0.15, -0.1) is 0 Å². The quantitative estimate of drug-likeness (QED) is 0.510. The predicted octanol–water partition coefficient (Wildman–Crippen LogP) is 3.12. The van der Waals surface area contributed by atoms with Crippen LogP contribution in [0.5, 0.6) is 0 Å². The van der Waals surface area contributed by atoms with Crippen LogP contribution in [0.2, 0.25) is 0 Å². The second-order valence-corrected chi connectivity index (χ2v) is 5.57. The van der Waals surface area contributed by atoms with E-state index in [9.17, 15) is 4.79 Å². The second kappa shape index (κ2) is 7.98. The Labute approximate surface area is 151 Å². The van der Waals surface area contributed by atoms with Gasteiger partial charge in [-0.25, -0.2) is 9.97 Å². The van der Waals surface area contributed by atoms with E-state index < -0.39 is 0 Å². The summed E-state index contributed by atoms with van der Waals surface area (Å²) in [4.78, 5) is 20.4. The molecular formula is C19H20N6O. The van der Waals surface area contributed by atoms with Crippen LogP contribution in [-0.2, 0) is 6.42 Å². The fourth-order valence-corrected chi connectivity index (χ4v) is 2.45. The lowest BCUT2D eigenvalue weighted by molar-refractivity contribution is 0.0962. The van der Waals surface area contributed by atoms with E-state index in [1.165, 1.54) is 6.33 Å². The topological polar surface area (TPSA) is 105 Å². The SMILES string of the molecule is CCc1ccccc1Nc1ncnc(NNC(=O)c2ccccc2)c1N. The summed E-state index contributed by atoms with van der Waals surface area (Å²) < 4.78 is 0. The van der Waals surface area contributed by atoms with Crippen molar-refractivity contribution < 1.29 is 4.79 Å². The van der Waals surface area contributed by atoms with Crippen molar-refractivity contribution in [2.24, 2.45) is 0 Å². The Morgan fingerprint density at radius 1 is 1.00 bits per heavy atom. The molecule has 0 radical (unpaired) electrons. The molecule has 0 bridgehead atoms. The van der Waals surface area contributed by atoms with Crippen LogP contribution in [0.3, 0.4) is 0 Å². The monoisotopic (exact) mass is 348 g/mol. The summed E-state index contributed by atoms with van der Waals surface area (Å²) in [5.74, 6) is 0.507. The standard InChI is InChI=1S/C19H20N6O/c1-2-13-8-6-7-11-15(13)23-17-16(20)18(22-12-21-17)24-25-19(26)14-9-4-3-5-10-14/h3-12H,2,20H2,1H3,(H,25,26)(H2,21,22,23,24). The highest BCUT2D eigenvalue weighted by molar-refractivity contribution is 5.95. The Balaban J connectivity index is 1.74. The molecule has 1 amide bonds. The molecule has 0 saturated carbocycles. The minimum Gasteiger partial charge on any atom is -0.393 e. The normalized spacial score (nSPS) is 10.2. The van der Waals surface area contributed by atoms with Gasteiger partial charge in [0.1, 0.15) is 12.0 Å². The maximum absolute atomic E-state index is 12.1. The van der Waals surface area contributed by atoms with Crippen LogP contribution in [0.1, 0.15) is 22.8 Å². The summed E-state index contributed by atoms with van der Waals surface area (Å²) in [6.07, 6.45) is 2.26. The van der Waals surface area contributed by atoms with Gasteiger partial charge < -0.3 is 11.1 Å². The number of hydrogen-bond donors (Lipinski definition) is 4. The highest BCUT2D eigenvalue weighted by atomic mass is 16.2. The highest BCUT2D eigenvalue weighted by Crippen LogP contribution is 2.27. The third kappa shape index (κ3) is 3.89. The lowest BCUT2D eigenvalue weighted by Gasteiger charge is -2.14. The summed E-state index contributed by atoms with van der Waals surface area (Å²) >= 11 is 0. The maximum atomic E-state index is 12.1. The van der Waals surface area contributed by atoms with E-state index in [1.807, 2.05) is 30.3 Å². The lowest BCUT2D eigenvalue weighted by Crippen LogP contribution is -2.30. The Kier molecular flexibility index (Phi) is 5.28. The number of rotatable bonds is 6. The summed E-state index contributed by atoms with van der Waals surface area (Å²) in [6, 6.07) is 16.8. The first-order chi connectivity index (χ1) is 12.7. The summed E-state index contributed by atoms with van der Waals surface area (Å²) in [6.45, 7) is 2.08. The van der Waals surface area contributed by atoms with Crippen molar-refractivity contribution in [2.75, 3.05) is 16.5 Å². The number of benzene rings is 2. The maximum Gasteiger partial charge on any atom is 0.269 e. The van der Waals surface area contributed by atoms with Gasteiger partial charge in [0, 0.05) is 11.3 Å².